The summed E-state index contributed by atoms with van der Waals surface area (Å²) in [6, 6.07) is 16.6. The Hall–Kier alpha value is -2.66. The zero-order valence-corrected chi connectivity index (χ0v) is 13.5. The summed E-state index contributed by atoms with van der Waals surface area (Å²) >= 11 is 5.94. The highest BCUT2D eigenvalue weighted by Gasteiger charge is 2.36. The molecule has 1 saturated heterocycles. The predicted molar refractivity (Wildman–Crippen MR) is 89.8 cm³/mol. The number of nitrogens with zero attached hydrogens (tertiary/aromatic N) is 3. The van der Waals surface area contributed by atoms with Gasteiger partial charge in [-0.3, -0.25) is 4.79 Å². The monoisotopic (exact) mass is 339 g/mol. The molecule has 0 saturated carbocycles. The van der Waals surface area contributed by atoms with E-state index < -0.39 is 0 Å². The zero-order valence-electron chi connectivity index (χ0n) is 12.7. The molecule has 0 radical (unpaired) electrons. The van der Waals surface area contributed by atoms with Crippen LogP contribution in [0.1, 0.15) is 22.2 Å². The molecule has 1 amide bonds. The zero-order chi connectivity index (χ0) is 16.5. The Kier molecular flexibility index (Phi) is 3.78. The first-order valence-corrected chi connectivity index (χ1v) is 8.02. The van der Waals surface area contributed by atoms with Crippen LogP contribution in [0.25, 0.3) is 11.4 Å². The lowest BCUT2D eigenvalue weighted by atomic mass is 9.98. The van der Waals surface area contributed by atoms with Crippen LogP contribution >= 0.6 is 11.6 Å². The van der Waals surface area contributed by atoms with Crippen LogP contribution < -0.4 is 0 Å². The maximum Gasteiger partial charge on any atom is 0.253 e. The Bertz CT molecular complexity index is 873. The molecule has 0 unspecified atom stereocenters. The summed E-state index contributed by atoms with van der Waals surface area (Å²) in [7, 11) is 0. The second-order valence-corrected chi connectivity index (χ2v) is 6.18. The normalized spacial score (nSPS) is 14.5. The van der Waals surface area contributed by atoms with Crippen LogP contribution in [-0.4, -0.2) is 34.0 Å². The number of halogens is 1. The van der Waals surface area contributed by atoms with Crippen molar-refractivity contribution in [1.82, 2.24) is 15.0 Å². The van der Waals surface area contributed by atoms with E-state index in [1.165, 1.54) is 0 Å². The van der Waals surface area contributed by atoms with E-state index in [4.69, 9.17) is 16.1 Å². The summed E-state index contributed by atoms with van der Waals surface area (Å²) in [5.41, 5.74) is 1.51. The molecular formula is C18H14ClN3O2. The number of carbonyl (C=O) groups excluding carboxylic acids is 1. The van der Waals surface area contributed by atoms with Gasteiger partial charge in [-0.25, -0.2) is 0 Å². The fourth-order valence-corrected chi connectivity index (χ4v) is 2.90. The van der Waals surface area contributed by atoms with Gasteiger partial charge in [-0.05, 0) is 18.2 Å². The lowest BCUT2D eigenvalue weighted by Crippen LogP contribution is -2.48. The molecule has 5 nitrogen and oxygen atoms in total. The van der Waals surface area contributed by atoms with Gasteiger partial charge < -0.3 is 9.42 Å². The van der Waals surface area contributed by atoms with Crippen LogP contribution in [-0.2, 0) is 0 Å². The Balaban J connectivity index is 1.43. The minimum atomic E-state index is -0.0310. The van der Waals surface area contributed by atoms with Crippen molar-refractivity contribution in [2.75, 3.05) is 13.1 Å². The molecule has 6 heteroatoms. The Labute approximate surface area is 143 Å². The van der Waals surface area contributed by atoms with Gasteiger partial charge in [0.1, 0.15) is 0 Å². The molecule has 1 aliphatic rings. The quantitative estimate of drug-likeness (QED) is 0.731. The van der Waals surface area contributed by atoms with Crippen molar-refractivity contribution in [3.05, 3.63) is 71.1 Å². The highest BCUT2D eigenvalue weighted by atomic mass is 35.5. The van der Waals surface area contributed by atoms with Crippen molar-refractivity contribution >= 4 is 17.5 Å². The first-order valence-electron chi connectivity index (χ1n) is 7.64. The summed E-state index contributed by atoms with van der Waals surface area (Å²) < 4.78 is 5.36. The summed E-state index contributed by atoms with van der Waals surface area (Å²) in [5, 5.41) is 4.58. The molecule has 120 valence electrons. The predicted octanol–water partition coefficient (Wildman–Crippen LogP) is 3.63. The molecular weight excluding hydrogens is 326 g/mol. The van der Waals surface area contributed by atoms with Gasteiger partial charge in [0.2, 0.25) is 11.7 Å². The average Bonchev–Trinajstić information content (AvgIpc) is 3.04. The molecule has 2 heterocycles. The van der Waals surface area contributed by atoms with Crippen molar-refractivity contribution in [3.8, 4) is 11.4 Å². The number of rotatable bonds is 3. The van der Waals surface area contributed by atoms with E-state index in [0.717, 1.165) is 5.56 Å². The van der Waals surface area contributed by atoms with Gasteiger partial charge in [-0.15, -0.1) is 0 Å². The van der Waals surface area contributed by atoms with Crippen molar-refractivity contribution in [2.24, 2.45) is 0 Å². The minimum Gasteiger partial charge on any atom is -0.339 e. The van der Waals surface area contributed by atoms with Crippen molar-refractivity contribution in [1.29, 1.82) is 0 Å². The van der Waals surface area contributed by atoms with E-state index >= 15 is 0 Å². The summed E-state index contributed by atoms with van der Waals surface area (Å²) in [4.78, 5) is 18.6. The van der Waals surface area contributed by atoms with Crippen LogP contribution in [0.5, 0.6) is 0 Å². The molecule has 4 rings (SSSR count). The number of carbonyl (C=O) groups is 1. The fraction of sp³-hybridized carbons (Fsp3) is 0.167. The van der Waals surface area contributed by atoms with E-state index in [0.29, 0.717) is 35.4 Å². The average molecular weight is 340 g/mol. The molecule has 24 heavy (non-hydrogen) atoms. The van der Waals surface area contributed by atoms with E-state index in [-0.39, 0.29) is 11.8 Å². The van der Waals surface area contributed by atoms with Crippen LogP contribution in [0.4, 0.5) is 0 Å². The van der Waals surface area contributed by atoms with Gasteiger partial charge in [0.25, 0.3) is 5.91 Å². The first-order chi connectivity index (χ1) is 11.7. The van der Waals surface area contributed by atoms with E-state index in [1.807, 2.05) is 30.3 Å². The molecule has 0 spiro atoms. The van der Waals surface area contributed by atoms with E-state index in [9.17, 15) is 4.79 Å². The van der Waals surface area contributed by atoms with Crippen molar-refractivity contribution < 1.29 is 9.32 Å². The van der Waals surface area contributed by atoms with Crippen LogP contribution in [0.15, 0.2) is 59.1 Å². The lowest BCUT2D eigenvalue weighted by Gasteiger charge is -2.37. The molecule has 0 N–H and O–H groups in total. The third-order valence-corrected chi connectivity index (χ3v) is 4.30. The number of hydrogen-bond acceptors (Lipinski definition) is 4. The number of likely N-dealkylation sites (tertiary alicyclic amines) is 1. The lowest BCUT2D eigenvalue weighted by molar-refractivity contribution is 0.0569. The highest BCUT2D eigenvalue weighted by Crippen LogP contribution is 2.29. The van der Waals surface area contributed by atoms with Crippen molar-refractivity contribution in [3.63, 3.8) is 0 Å². The van der Waals surface area contributed by atoms with Crippen LogP contribution in [0.2, 0.25) is 5.02 Å². The van der Waals surface area contributed by atoms with Gasteiger partial charge in [0.05, 0.1) is 5.92 Å². The molecule has 0 bridgehead atoms. The summed E-state index contributed by atoms with van der Waals surface area (Å²) in [5.74, 6) is 1.20. The number of benzene rings is 2. The number of hydrogen-bond donors (Lipinski definition) is 0. The third-order valence-electron chi connectivity index (χ3n) is 4.06. The third kappa shape index (κ3) is 2.78. The van der Waals surface area contributed by atoms with Gasteiger partial charge in [0, 0.05) is 29.2 Å². The molecule has 1 fully saturated rings. The van der Waals surface area contributed by atoms with Gasteiger partial charge in [-0.2, -0.15) is 4.98 Å². The molecule has 0 aliphatic carbocycles. The Morgan fingerprint density at radius 1 is 1.12 bits per heavy atom. The SMILES string of the molecule is O=C(c1cccc(Cl)c1)N1CC(c2nc(-c3ccccc3)no2)C1. The smallest absolute Gasteiger partial charge is 0.253 e. The Morgan fingerprint density at radius 2 is 1.92 bits per heavy atom. The second-order valence-electron chi connectivity index (χ2n) is 5.74. The molecule has 0 atom stereocenters. The van der Waals surface area contributed by atoms with Crippen LogP contribution in [0.3, 0.4) is 0 Å². The standard InChI is InChI=1S/C18H14ClN3O2/c19-15-8-4-7-13(9-15)18(23)22-10-14(11-22)17-20-16(21-24-17)12-5-2-1-3-6-12/h1-9,14H,10-11H2. The topological polar surface area (TPSA) is 59.2 Å². The molecule has 1 aromatic heterocycles. The second kappa shape index (κ2) is 6.09. The molecule has 1 aliphatic heterocycles. The largest absolute Gasteiger partial charge is 0.339 e. The summed E-state index contributed by atoms with van der Waals surface area (Å²) in [6.45, 7) is 1.14. The first kappa shape index (κ1) is 14.9. The fourth-order valence-electron chi connectivity index (χ4n) is 2.71. The summed E-state index contributed by atoms with van der Waals surface area (Å²) in [6.07, 6.45) is 0. The number of aromatic nitrogens is 2. The molecule has 3 aromatic rings. The highest BCUT2D eigenvalue weighted by molar-refractivity contribution is 6.30. The van der Waals surface area contributed by atoms with E-state index in [1.54, 1.807) is 29.2 Å². The van der Waals surface area contributed by atoms with Crippen molar-refractivity contribution in [2.45, 2.75) is 5.92 Å². The maximum absolute atomic E-state index is 12.4. The molecule has 2 aromatic carbocycles. The van der Waals surface area contributed by atoms with Gasteiger partial charge in [-0.1, -0.05) is 53.2 Å². The van der Waals surface area contributed by atoms with Gasteiger partial charge >= 0.3 is 0 Å². The maximum atomic E-state index is 12.4. The van der Waals surface area contributed by atoms with Gasteiger partial charge in [0.15, 0.2) is 0 Å². The minimum absolute atomic E-state index is 0.0310. The Morgan fingerprint density at radius 3 is 2.67 bits per heavy atom. The van der Waals surface area contributed by atoms with Crippen LogP contribution in [0, 0.1) is 0 Å². The number of amides is 1. The van der Waals surface area contributed by atoms with E-state index in [2.05, 4.69) is 10.1 Å².